The van der Waals surface area contributed by atoms with Gasteiger partial charge in [-0.3, -0.25) is 0 Å². The molecule has 1 saturated heterocycles. The van der Waals surface area contributed by atoms with E-state index in [4.69, 9.17) is 5.73 Å². The van der Waals surface area contributed by atoms with E-state index in [2.05, 4.69) is 27.7 Å². The summed E-state index contributed by atoms with van der Waals surface area (Å²) in [7, 11) is -3.47. The zero-order chi connectivity index (χ0) is 17.6. The summed E-state index contributed by atoms with van der Waals surface area (Å²) in [5, 5.41) is 0. The maximum atomic E-state index is 13.1. The molecule has 2 rings (SSSR count). The number of nitrogens with zero attached hydrogens (tertiary/aromatic N) is 1. The molecule has 1 aromatic carbocycles. The average Bonchev–Trinajstić information content (AvgIpc) is 2.81. The predicted molar refractivity (Wildman–Crippen MR) is 95.2 cm³/mol. The van der Waals surface area contributed by atoms with Crippen molar-refractivity contribution in [2.45, 2.75) is 58.3 Å². The minimum atomic E-state index is -3.47. The Morgan fingerprint density at radius 3 is 2.13 bits per heavy atom. The first-order chi connectivity index (χ1) is 10.4. The normalized spacial score (nSPS) is 23.4. The fourth-order valence-corrected chi connectivity index (χ4v) is 5.27. The van der Waals surface area contributed by atoms with E-state index in [9.17, 15) is 8.42 Å². The molecule has 130 valence electrons. The molecule has 0 aliphatic carbocycles. The summed E-state index contributed by atoms with van der Waals surface area (Å²) in [5.41, 5.74) is 8.54. The van der Waals surface area contributed by atoms with Crippen molar-refractivity contribution in [2.24, 2.45) is 11.1 Å². The molecule has 0 bridgehead atoms. The zero-order valence-electron chi connectivity index (χ0n) is 15.2. The van der Waals surface area contributed by atoms with Crippen molar-refractivity contribution >= 4 is 10.0 Å². The third kappa shape index (κ3) is 3.47. The first-order valence-corrected chi connectivity index (χ1v) is 9.67. The summed E-state index contributed by atoms with van der Waals surface area (Å²) >= 11 is 0. The van der Waals surface area contributed by atoms with Crippen LogP contribution in [-0.4, -0.2) is 32.4 Å². The van der Waals surface area contributed by atoms with Gasteiger partial charge in [0.2, 0.25) is 10.0 Å². The molecule has 1 unspecified atom stereocenters. The molecule has 4 nitrogen and oxygen atoms in total. The Hall–Kier alpha value is -0.910. The Morgan fingerprint density at radius 1 is 1.22 bits per heavy atom. The second kappa shape index (κ2) is 5.87. The molecule has 0 saturated carbocycles. The fraction of sp³-hybridized carbons (Fsp3) is 0.667. The van der Waals surface area contributed by atoms with E-state index < -0.39 is 10.0 Å². The van der Waals surface area contributed by atoms with Crippen molar-refractivity contribution in [1.82, 2.24) is 4.31 Å². The molecule has 5 heteroatoms. The average molecular weight is 339 g/mol. The van der Waals surface area contributed by atoms with Crippen LogP contribution in [0.3, 0.4) is 0 Å². The van der Waals surface area contributed by atoms with Crippen molar-refractivity contribution < 1.29 is 8.42 Å². The second-order valence-corrected chi connectivity index (χ2v) is 10.2. The van der Waals surface area contributed by atoms with Gasteiger partial charge < -0.3 is 5.73 Å². The predicted octanol–water partition coefficient (Wildman–Crippen LogP) is 2.96. The molecule has 1 aromatic rings. The highest BCUT2D eigenvalue weighted by Gasteiger charge is 2.40. The molecule has 1 fully saturated rings. The van der Waals surface area contributed by atoms with Crippen molar-refractivity contribution in [1.29, 1.82) is 0 Å². The van der Waals surface area contributed by atoms with Crippen LogP contribution in [-0.2, 0) is 15.4 Å². The van der Waals surface area contributed by atoms with Gasteiger partial charge in [0.05, 0.1) is 4.90 Å². The molecule has 1 atom stereocenters. The third-order valence-corrected chi connectivity index (χ3v) is 7.09. The van der Waals surface area contributed by atoms with Crippen LogP contribution in [0.15, 0.2) is 17.0 Å². The minimum absolute atomic E-state index is 0.00355. The lowest BCUT2D eigenvalue weighted by molar-refractivity contribution is 0.349. The summed E-state index contributed by atoms with van der Waals surface area (Å²) in [6.45, 7) is 13.8. The molecule has 1 aliphatic rings. The van der Waals surface area contributed by atoms with Crippen LogP contribution in [0.4, 0.5) is 0 Å². The van der Waals surface area contributed by atoms with Gasteiger partial charge in [-0.2, -0.15) is 4.31 Å². The number of nitrogens with two attached hydrogens (primary N) is 1. The molecule has 0 amide bonds. The lowest BCUT2D eigenvalue weighted by Crippen LogP contribution is -2.35. The first-order valence-electron chi connectivity index (χ1n) is 8.23. The number of hydrogen-bond acceptors (Lipinski definition) is 3. The SMILES string of the molecule is Cc1cc(C(C)(C)C)cc(C)c1S(=O)(=O)N1CCC(C)(CN)C1. The maximum absolute atomic E-state index is 13.1. The number of sulfonamides is 1. The lowest BCUT2D eigenvalue weighted by Gasteiger charge is -2.25. The van der Waals surface area contributed by atoms with Crippen molar-refractivity contribution in [3.8, 4) is 0 Å². The van der Waals surface area contributed by atoms with Gasteiger partial charge in [-0.1, -0.05) is 39.8 Å². The van der Waals surface area contributed by atoms with Crippen LogP contribution in [0, 0.1) is 19.3 Å². The first kappa shape index (κ1) is 18.4. The second-order valence-electron chi connectivity index (χ2n) is 8.29. The summed E-state index contributed by atoms with van der Waals surface area (Å²) in [6.07, 6.45) is 0.820. The van der Waals surface area contributed by atoms with Crippen molar-refractivity contribution in [3.63, 3.8) is 0 Å². The van der Waals surface area contributed by atoms with E-state index in [1.54, 1.807) is 4.31 Å². The van der Waals surface area contributed by atoms with Gasteiger partial charge >= 0.3 is 0 Å². The largest absolute Gasteiger partial charge is 0.330 e. The molecule has 1 heterocycles. The Balaban J connectivity index is 2.46. The van der Waals surface area contributed by atoms with Crippen LogP contribution in [0.2, 0.25) is 0 Å². The van der Waals surface area contributed by atoms with E-state index in [1.807, 2.05) is 26.0 Å². The van der Waals surface area contributed by atoms with Gasteiger partial charge in [0.25, 0.3) is 0 Å². The van der Waals surface area contributed by atoms with Crippen LogP contribution < -0.4 is 5.73 Å². The molecule has 0 spiro atoms. The van der Waals surface area contributed by atoms with Crippen molar-refractivity contribution in [2.75, 3.05) is 19.6 Å². The quantitative estimate of drug-likeness (QED) is 0.921. The Morgan fingerprint density at radius 2 is 1.74 bits per heavy atom. The van der Waals surface area contributed by atoms with Crippen LogP contribution in [0.25, 0.3) is 0 Å². The van der Waals surface area contributed by atoms with E-state index in [0.717, 1.165) is 17.5 Å². The Labute approximate surface area is 141 Å². The number of rotatable bonds is 3. The number of benzene rings is 1. The Bertz CT molecular complexity index is 681. The summed E-state index contributed by atoms with van der Waals surface area (Å²) in [4.78, 5) is 0.465. The van der Waals surface area contributed by atoms with Gasteiger partial charge in [-0.15, -0.1) is 0 Å². The summed E-state index contributed by atoms with van der Waals surface area (Å²) in [6, 6.07) is 4.02. The molecular formula is C18H30N2O2S. The topological polar surface area (TPSA) is 63.4 Å². The fourth-order valence-electron chi connectivity index (χ4n) is 3.27. The standard InChI is InChI=1S/C18H30N2O2S/c1-13-9-15(17(3,4)5)10-14(2)16(13)23(21,22)20-8-7-18(6,11-19)12-20/h9-10H,7-8,11-12,19H2,1-6H3. The molecule has 0 radical (unpaired) electrons. The van der Waals surface area contributed by atoms with Crippen LogP contribution in [0.5, 0.6) is 0 Å². The van der Waals surface area contributed by atoms with E-state index >= 15 is 0 Å². The van der Waals surface area contributed by atoms with Crippen LogP contribution in [0.1, 0.15) is 50.8 Å². The molecule has 0 aromatic heterocycles. The summed E-state index contributed by atoms with van der Waals surface area (Å²) in [5.74, 6) is 0. The van der Waals surface area contributed by atoms with Gasteiger partial charge in [-0.25, -0.2) is 8.42 Å². The third-order valence-electron chi connectivity index (χ3n) is 4.94. The van der Waals surface area contributed by atoms with Crippen LogP contribution >= 0.6 is 0 Å². The summed E-state index contributed by atoms with van der Waals surface area (Å²) < 4.78 is 27.9. The van der Waals surface area contributed by atoms with Gasteiger partial charge in [0.1, 0.15) is 0 Å². The minimum Gasteiger partial charge on any atom is -0.330 e. The van der Waals surface area contributed by atoms with E-state index in [1.165, 1.54) is 5.56 Å². The van der Waals surface area contributed by atoms with E-state index in [0.29, 0.717) is 24.5 Å². The van der Waals surface area contributed by atoms with Gasteiger partial charge in [-0.05, 0) is 54.3 Å². The maximum Gasteiger partial charge on any atom is 0.243 e. The monoisotopic (exact) mass is 338 g/mol. The highest BCUT2D eigenvalue weighted by atomic mass is 32.2. The Kier molecular flexibility index (Phi) is 4.70. The highest BCUT2D eigenvalue weighted by Crippen LogP contribution is 2.35. The zero-order valence-corrected chi connectivity index (χ0v) is 16.0. The smallest absolute Gasteiger partial charge is 0.243 e. The van der Waals surface area contributed by atoms with Crippen molar-refractivity contribution in [3.05, 3.63) is 28.8 Å². The number of hydrogen-bond donors (Lipinski definition) is 1. The van der Waals surface area contributed by atoms with E-state index in [-0.39, 0.29) is 10.8 Å². The highest BCUT2D eigenvalue weighted by molar-refractivity contribution is 7.89. The molecule has 23 heavy (non-hydrogen) atoms. The molecular weight excluding hydrogens is 308 g/mol. The van der Waals surface area contributed by atoms with Gasteiger partial charge in [0.15, 0.2) is 0 Å². The molecule has 2 N–H and O–H groups in total. The molecule has 1 aliphatic heterocycles. The van der Waals surface area contributed by atoms with Gasteiger partial charge in [0, 0.05) is 13.1 Å². The number of aryl methyl sites for hydroxylation is 2. The lowest BCUT2D eigenvalue weighted by atomic mass is 9.85.